The molecule has 4 heteroatoms. The van der Waals surface area contributed by atoms with Gasteiger partial charge in [-0.05, 0) is 11.8 Å². The first-order valence-electron chi connectivity index (χ1n) is 5.76. The summed E-state index contributed by atoms with van der Waals surface area (Å²) in [5, 5.41) is 0. The first-order chi connectivity index (χ1) is 7.69. The second-order valence-electron chi connectivity index (χ2n) is 4.78. The summed E-state index contributed by atoms with van der Waals surface area (Å²) in [6, 6.07) is 0.437. The smallest absolute Gasteiger partial charge is 0.316 e. The van der Waals surface area contributed by atoms with Gasteiger partial charge in [-0.2, -0.15) is 0 Å². The number of likely N-dealkylation sites (tertiary alicyclic amines) is 1. The van der Waals surface area contributed by atoms with Gasteiger partial charge in [0.15, 0.2) is 0 Å². The van der Waals surface area contributed by atoms with Gasteiger partial charge < -0.3 is 4.74 Å². The Morgan fingerprint density at radius 2 is 2.00 bits per heavy atom. The lowest BCUT2D eigenvalue weighted by Crippen LogP contribution is -2.48. The van der Waals surface area contributed by atoms with E-state index in [1.807, 2.05) is 12.4 Å². The Kier molecular flexibility index (Phi) is 3.39. The zero-order valence-corrected chi connectivity index (χ0v) is 10.2. The zero-order valence-electron chi connectivity index (χ0n) is 10.2. The van der Waals surface area contributed by atoms with Crippen LogP contribution in [0.3, 0.4) is 0 Å². The molecule has 2 rings (SSSR count). The van der Waals surface area contributed by atoms with E-state index in [1.54, 1.807) is 7.11 Å². The lowest BCUT2D eigenvalue weighted by atomic mass is 9.88. The molecule has 1 saturated heterocycles. The van der Waals surface area contributed by atoms with Gasteiger partial charge in [0.05, 0.1) is 7.11 Å². The Balaban J connectivity index is 1.82. The summed E-state index contributed by atoms with van der Waals surface area (Å²) in [7, 11) is 1.58. The van der Waals surface area contributed by atoms with Crippen LogP contribution in [0.4, 0.5) is 0 Å². The monoisotopic (exact) mass is 221 g/mol. The van der Waals surface area contributed by atoms with Crippen molar-refractivity contribution >= 4 is 0 Å². The molecule has 0 spiro atoms. The lowest BCUT2D eigenvalue weighted by Gasteiger charge is -2.41. The van der Waals surface area contributed by atoms with Gasteiger partial charge >= 0.3 is 6.01 Å². The SMILES string of the molecule is COc1ncc(CN2CC(C(C)C)C2)cn1. The Morgan fingerprint density at radius 3 is 2.50 bits per heavy atom. The molecule has 1 fully saturated rings. The number of nitrogens with zero attached hydrogens (tertiary/aromatic N) is 3. The van der Waals surface area contributed by atoms with E-state index in [0.29, 0.717) is 6.01 Å². The van der Waals surface area contributed by atoms with Crippen molar-refractivity contribution < 1.29 is 4.74 Å². The maximum Gasteiger partial charge on any atom is 0.316 e. The summed E-state index contributed by atoms with van der Waals surface area (Å²) in [6.07, 6.45) is 3.68. The Hall–Kier alpha value is -1.16. The van der Waals surface area contributed by atoms with Crippen molar-refractivity contribution in [1.82, 2.24) is 14.9 Å². The van der Waals surface area contributed by atoms with Gasteiger partial charge in [0.25, 0.3) is 0 Å². The van der Waals surface area contributed by atoms with Crippen LogP contribution in [0.2, 0.25) is 0 Å². The van der Waals surface area contributed by atoms with Crippen LogP contribution >= 0.6 is 0 Å². The fourth-order valence-electron chi connectivity index (χ4n) is 1.95. The topological polar surface area (TPSA) is 38.2 Å². The normalized spacial score (nSPS) is 17.5. The van der Waals surface area contributed by atoms with Crippen LogP contribution < -0.4 is 4.74 Å². The first kappa shape index (κ1) is 11.3. The van der Waals surface area contributed by atoms with E-state index in [4.69, 9.17) is 4.74 Å². The third-order valence-corrected chi connectivity index (χ3v) is 3.20. The average molecular weight is 221 g/mol. The Bertz CT molecular complexity index is 331. The summed E-state index contributed by atoms with van der Waals surface area (Å²) in [5.74, 6) is 1.66. The predicted molar refractivity (Wildman–Crippen MR) is 62.2 cm³/mol. The summed E-state index contributed by atoms with van der Waals surface area (Å²) in [4.78, 5) is 10.6. The van der Waals surface area contributed by atoms with Crippen LogP contribution in [0.15, 0.2) is 12.4 Å². The first-order valence-corrected chi connectivity index (χ1v) is 5.76. The fraction of sp³-hybridized carbons (Fsp3) is 0.667. The van der Waals surface area contributed by atoms with Crippen molar-refractivity contribution in [2.24, 2.45) is 11.8 Å². The average Bonchev–Trinajstić information content (AvgIpc) is 2.23. The minimum atomic E-state index is 0.437. The van der Waals surface area contributed by atoms with E-state index >= 15 is 0 Å². The molecule has 4 nitrogen and oxygen atoms in total. The molecular weight excluding hydrogens is 202 g/mol. The molecular formula is C12H19N3O. The molecule has 0 amide bonds. The van der Waals surface area contributed by atoms with E-state index < -0.39 is 0 Å². The fourth-order valence-corrected chi connectivity index (χ4v) is 1.95. The highest BCUT2D eigenvalue weighted by molar-refractivity contribution is 5.08. The van der Waals surface area contributed by atoms with Gasteiger partial charge in [-0.1, -0.05) is 13.8 Å². The summed E-state index contributed by atoms with van der Waals surface area (Å²) < 4.78 is 4.93. The van der Waals surface area contributed by atoms with E-state index in [1.165, 1.54) is 13.1 Å². The number of rotatable bonds is 4. The van der Waals surface area contributed by atoms with Gasteiger partial charge in [0.1, 0.15) is 0 Å². The molecule has 0 unspecified atom stereocenters. The Morgan fingerprint density at radius 1 is 1.38 bits per heavy atom. The third-order valence-electron chi connectivity index (χ3n) is 3.20. The Labute approximate surface area is 96.7 Å². The molecule has 1 aromatic rings. The minimum Gasteiger partial charge on any atom is -0.467 e. The van der Waals surface area contributed by atoms with Gasteiger partial charge in [-0.3, -0.25) is 4.90 Å². The molecule has 1 aliphatic rings. The molecule has 0 aromatic carbocycles. The molecule has 0 atom stereocenters. The maximum absolute atomic E-state index is 4.93. The third kappa shape index (κ3) is 2.50. The number of aromatic nitrogens is 2. The summed E-state index contributed by atoms with van der Waals surface area (Å²) in [5.41, 5.74) is 1.16. The largest absolute Gasteiger partial charge is 0.467 e. The van der Waals surface area contributed by atoms with Crippen LogP contribution in [0, 0.1) is 11.8 Å². The van der Waals surface area contributed by atoms with E-state index in [9.17, 15) is 0 Å². The van der Waals surface area contributed by atoms with Crippen LogP contribution in [0.5, 0.6) is 6.01 Å². The predicted octanol–water partition coefficient (Wildman–Crippen LogP) is 1.57. The molecule has 88 valence electrons. The van der Waals surface area contributed by atoms with Gasteiger partial charge in [0, 0.05) is 37.6 Å². The summed E-state index contributed by atoms with van der Waals surface area (Å²) >= 11 is 0. The van der Waals surface area contributed by atoms with Crippen molar-refractivity contribution in [2.45, 2.75) is 20.4 Å². The van der Waals surface area contributed by atoms with E-state index in [2.05, 4.69) is 28.7 Å². The molecule has 0 aliphatic carbocycles. The van der Waals surface area contributed by atoms with Crippen LogP contribution in [0.25, 0.3) is 0 Å². The summed E-state index contributed by atoms with van der Waals surface area (Å²) in [6.45, 7) is 7.93. The quantitative estimate of drug-likeness (QED) is 0.773. The minimum absolute atomic E-state index is 0.437. The molecule has 0 N–H and O–H groups in total. The molecule has 2 heterocycles. The van der Waals surface area contributed by atoms with Crippen molar-refractivity contribution in [3.05, 3.63) is 18.0 Å². The van der Waals surface area contributed by atoms with E-state index in [0.717, 1.165) is 23.9 Å². The second kappa shape index (κ2) is 4.78. The molecule has 0 radical (unpaired) electrons. The van der Waals surface area contributed by atoms with Crippen molar-refractivity contribution in [3.63, 3.8) is 0 Å². The highest BCUT2D eigenvalue weighted by atomic mass is 16.5. The molecule has 0 bridgehead atoms. The number of hydrogen-bond acceptors (Lipinski definition) is 4. The molecule has 1 aliphatic heterocycles. The highest BCUT2D eigenvalue weighted by Gasteiger charge is 2.28. The highest BCUT2D eigenvalue weighted by Crippen LogP contribution is 2.24. The van der Waals surface area contributed by atoms with Crippen LogP contribution in [-0.2, 0) is 6.54 Å². The van der Waals surface area contributed by atoms with E-state index in [-0.39, 0.29) is 0 Å². The van der Waals surface area contributed by atoms with Crippen molar-refractivity contribution in [3.8, 4) is 6.01 Å². The van der Waals surface area contributed by atoms with Crippen LogP contribution in [0.1, 0.15) is 19.4 Å². The number of ether oxygens (including phenoxy) is 1. The van der Waals surface area contributed by atoms with Crippen LogP contribution in [-0.4, -0.2) is 35.1 Å². The van der Waals surface area contributed by atoms with Gasteiger partial charge in [-0.25, -0.2) is 9.97 Å². The molecule has 0 saturated carbocycles. The van der Waals surface area contributed by atoms with Crippen molar-refractivity contribution in [2.75, 3.05) is 20.2 Å². The van der Waals surface area contributed by atoms with Crippen molar-refractivity contribution in [1.29, 1.82) is 0 Å². The lowest BCUT2D eigenvalue weighted by molar-refractivity contribution is 0.0612. The maximum atomic E-state index is 4.93. The number of hydrogen-bond donors (Lipinski definition) is 0. The molecule has 1 aromatic heterocycles. The zero-order chi connectivity index (χ0) is 11.5. The second-order valence-corrected chi connectivity index (χ2v) is 4.78. The van der Waals surface area contributed by atoms with Gasteiger partial charge in [0.2, 0.25) is 0 Å². The number of methoxy groups -OCH3 is 1. The standard InChI is InChI=1S/C12H19N3O/c1-9(2)11-7-15(8-11)6-10-4-13-12(16-3)14-5-10/h4-5,9,11H,6-8H2,1-3H3. The molecule has 16 heavy (non-hydrogen) atoms. The van der Waals surface area contributed by atoms with Gasteiger partial charge in [-0.15, -0.1) is 0 Å².